The number of carbonyl (C=O) groups excluding carboxylic acids is 1. The van der Waals surface area contributed by atoms with Crippen LogP contribution in [-0.2, 0) is 11.3 Å². The number of halogens is 1. The molecule has 0 aliphatic carbocycles. The van der Waals surface area contributed by atoms with E-state index in [-0.39, 0.29) is 11.6 Å². The van der Waals surface area contributed by atoms with Crippen LogP contribution in [0.4, 0.5) is 4.39 Å². The van der Waals surface area contributed by atoms with Crippen molar-refractivity contribution in [1.82, 2.24) is 10.7 Å². The molecule has 0 fully saturated rings. The number of hydrazone groups is 1. The van der Waals surface area contributed by atoms with Crippen molar-refractivity contribution >= 4 is 29.5 Å². The molecule has 28 heavy (non-hydrogen) atoms. The van der Waals surface area contributed by atoms with Crippen LogP contribution in [-0.4, -0.2) is 31.5 Å². The normalized spacial score (nSPS) is 10.4. The maximum absolute atomic E-state index is 12.9. The zero-order chi connectivity index (χ0) is 20.5. The molecule has 0 heterocycles. The van der Waals surface area contributed by atoms with Gasteiger partial charge in [-0.3, -0.25) is 10.2 Å². The first-order valence-corrected chi connectivity index (χ1v) is 8.59. The maximum atomic E-state index is 12.9. The average molecular weight is 405 g/mol. The Morgan fingerprint density at radius 1 is 1.18 bits per heavy atom. The van der Waals surface area contributed by atoms with Crippen molar-refractivity contribution in [1.29, 1.82) is 0 Å². The number of rotatable bonds is 7. The molecule has 7 nitrogen and oxygen atoms in total. The van der Waals surface area contributed by atoms with E-state index in [1.54, 1.807) is 24.3 Å². The molecule has 0 atom stereocenters. The summed E-state index contributed by atoms with van der Waals surface area (Å²) in [4.78, 5) is 11.3. The fraction of sp³-hybridized carbons (Fsp3) is 0.211. The third kappa shape index (κ3) is 6.20. The predicted molar refractivity (Wildman–Crippen MR) is 107 cm³/mol. The summed E-state index contributed by atoms with van der Waals surface area (Å²) in [7, 11) is 2.91. The standard InChI is InChI=1S/C19H20FN3O4S/c1-12(24)27-18-16(25-2)8-14(9-17(18)26-3)11-22-23-19(28)21-10-13-4-6-15(20)7-5-13/h4-9,11H,10H2,1-3H3,(H2,21,23,28)/b22-11-. The second-order valence-electron chi connectivity index (χ2n) is 5.53. The van der Waals surface area contributed by atoms with Gasteiger partial charge in [-0.1, -0.05) is 12.1 Å². The molecular formula is C19H20FN3O4S. The topological polar surface area (TPSA) is 81.2 Å². The summed E-state index contributed by atoms with van der Waals surface area (Å²) in [5.74, 6) is 0.0667. The molecule has 0 aliphatic rings. The van der Waals surface area contributed by atoms with Crippen molar-refractivity contribution in [2.45, 2.75) is 13.5 Å². The lowest BCUT2D eigenvalue weighted by Crippen LogP contribution is -2.31. The summed E-state index contributed by atoms with van der Waals surface area (Å²) >= 11 is 5.14. The van der Waals surface area contributed by atoms with Gasteiger partial charge in [0.15, 0.2) is 16.6 Å². The first-order chi connectivity index (χ1) is 13.4. The minimum atomic E-state index is -0.489. The molecule has 9 heteroatoms. The lowest BCUT2D eigenvalue weighted by atomic mass is 10.2. The number of ether oxygens (including phenoxy) is 3. The van der Waals surface area contributed by atoms with E-state index in [0.717, 1.165) is 5.56 Å². The summed E-state index contributed by atoms with van der Waals surface area (Å²) in [5.41, 5.74) is 4.20. The SMILES string of the molecule is COc1cc(/C=N\NC(=S)NCc2ccc(F)cc2)cc(OC)c1OC(C)=O. The van der Waals surface area contributed by atoms with Crippen molar-refractivity contribution in [2.24, 2.45) is 5.10 Å². The number of nitrogens with zero attached hydrogens (tertiary/aromatic N) is 1. The molecule has 2 rings (SSSR count). The van der Waals surface area contributed by atoms with Gasteiger partial charge < -0.3 is 19.5 Å². The van der Waals surface area contributed by atoms with E-state index in [4.69, 9.17) is 26.4 Å². The molecule has 148 valence electrons. The molecule has 0 saturated heterocycles. The second kappa shape index (κ2) is 10.2. The molecule has 0 bridgehead atoms. The highest BCUT2D eigenvalue weighted by molar-refractivity contribution is 7.80. The van der Waals surface area contributed by atoms with Gasteiger partial charge in [-0.05, 0) is 42.0 Å². The van der Waals surface area contributed by atoms with E-state index in [2.05, 4.69) is 15.8 Å². The van der Waals surface area contributed by atoms with Crippen LogP contribution < -0.4 is 25.0 Å². The molecular weight excluding hydrogens is 385 g/mol. The summed E-state index contributed by atoms with van der Waals surface area (Å²) in [6.07, 6.45) is 1.51. The fourth-order valence-corrected chi connectivity index (χ4v) is 2.33. The molecule has 0 unspecified atom stereocenters. The number of methoxy groups -OCH3 is 2. The van der Waals surface area contributed by atoms with Crippen molar-refractivity contribution in [3.05, 3.63) is 53.3 Å². The Bertz CT molecular complexity index is 847. The van der Waals surface area contributed by atoms with E-state index in [9.17, 15) is 9.18 Å². The minimum Gasteiger partial charge on any atom is -0.493 e. The van der Waals surface area contributed by atoms with Gasteiger partial charge in [0.25, 0.3) is 0 Å². The minimum absolute atomic E-state index is 0.194. The van der Waals surface area contributed by atoms with Gasteiger partial charge in [0, 0.05) is 19.0 Å². The monoisotopic (exact) mass is 405 g/mol. The number of carbonyl (C=O) groups is 1. The lowest BCUT2D eigenvalue weighted by molar-refractivity contribution is -0.132. The third-order valence-corrected chi connectivity index (χ3v) is 3.71. The van der Waals surface area contributed by atoms with Gasteiger partial charge >= 0.3 is 5.97 Å². The summed E-state index contributed by atoms with van der Waals surface area (Å²) in [5, 5.41) is 7.31. The molecule has 2 aromatic carbocycles. The summed E-state index contributed by atoms with van der Waals surface area (Å²) in [6, 6.07) is 9.37. The predicted octanol–water partition coefficient (Wildman–Crippen LogP) is 2.77. The van der Waals surface area contributed by atoms with Crippen LogP contribution in [0, 0.1) is 5.82 Å². The van der Waals surface area contributed by atoms with Gasteiger partial charge in [0.05, 0.1) is 20.4 Å². The highest BCUT2D eigenvalue weighted by Gasteiger charge is 2.15. The molecule has 0 spiro atoms. The first-order valence-electron chi connectivity index (χ1n) is 8.18. The van der Waals surface area contributed by atoms with Crippen LogP contribution in [0.5, 0.6) is 17.2 Å². The van der Waals surface area contributed by atoms with Crippen LogP contribution in [0.25, 0.3) is 0 Å². The average Bonchev–Trinajstić information content (AvgIpc) is 2.67. The number of thiocarbonyl (C=S) groups is 1. The summed E-state index contributed by atoms with van der Waals surface area (Å²) in [6.45, 7) is 1.72. The van der Waals surface area contributed by atoms with Crippen LogP contribution in [0.3, 0.4) is 0 Å². The number of nitrogens with one attached hydrogen (secondary N) is 2. The zero-order valence-corrected chi connectivity index (χ0v) is 16.4. The zero-order valence-electron chi connectivity index (χ0n) is 15.6. The number of esters is 1. The van der Waals surface area contributed by atoms with E-state index in [0.29, 0.717) is 28.7 Å². The highest BCUT2D eigenvalue weighted by atomic mass is 32.1. The van der Waals surface area contributed by atoms with Crippen molar-refractivity contribution < 1.29 is 23.4 Å². The summed E-state index contributed by atoms with van der Waals surface area (Å²) < 4.78 is 28.5. The molecule has 0 amide bonds. The van der Waals surface area contributed by atoms with Gasteiger partial charge in [0.2, 0.25) is 5.75 Å². The number of hydrogen-bond donors (Lipinski definition) is 2. The molecule has 2 N–H and O–H groups in total. The van der Waals surface area contributed by atoms with Crippen LogP contribution in [0.15, 0.2) is 41.5 Å². The van der Waals surface area contributed by atoms with E-state index >= 15 is 0 Å². The molecule has 0 aliphatic heterocycles. The smallest absolute Gasteiger partial charge is 0.308 e. The van der Waals surface area contributed by atoms with Crippen LogP contribution >= 0.6 is 12.2 Å². The molecule has 0 aromatic heterocycles. The second-order valence-corrected chi connectivity index (χ2v) is 5.94. The van der Waals surface area contributed by atoms with Gasteiger partial charge in [-0.25, -0.2) is 4.39 Å². The Morgan fingerprint density at radius 3 is 2.32 bits per heavy atom. The Labute approximate surface area is 167 Å². The Kier molecular flexibility index (Phi) is 7.70. The van der Waals surface area contributed by atoms with Crippen molar-refractivity contribution in [3.8, 4) is 17.2 Å². The number of benzene rings is 2. The molecule has 0 saturated carbocycles. The highest BCUT2D eigenvalue weighted by Crippen LogP contribution is 2.38. The van der Waals surface area contributed by atoms with Crippen LogP contribution in [0.2, 0.25) is 0 Å². The molecule has 0 radical (unpaired) electrons. The number of hydrogen-bond acceptors (Lipinski definition) is 6. The van der Waals surface area contributed by atoms with Crippen LogP contribution in [0.1, 0.15) is 18.1 Å². The Hall–Kier alpha value is -3.20. The Morgan fingerprint density at radius 2 is 1.79 bits per heavy atom. The van der Waals surface area contributed by atoms with E-state index in [1.807, 2.05) is 0 Å². The molecule has 2 aromatic rings. The van der Waals surface area contributed by atoms with Crippen molar-refractivity contribution in [2.75, 3.05) is 14.2 Å². The van der Waals surface area contributed by atoms with Gasteiger partial charge in [-0.15, -0.1) is 0 Å². The quantitative estimate of drug-likeness (QED) is 0.241. The Balaban J connectivity index is 1.99. The first kappa shape index (κ1) is 21.1. The lowest BCUT2D eigenvalue weighted by Gasteiger charge is -2.13. The maximum Gasteiger partial charge on any atom is 0.308 e. The largest absolute Gasteiger partial charge is 0.493 e. The van der Waals surface area contributed by atoms with E-state index in [1.165, 1.54) is 39.5 Å². The third-order valence-electron chi connectivity index (χ3n) is 3.47. The van der Waals surface area contributed by atoms with Gasteiger partial charge in [0.1, 0.15) is 5.82 Å². The van der Waals surface area contributed by atoms with Crippen molar-refractivity contribution in [3.63, 3.8) is 0 Å². The van der Waals surface area contributed by atoms with Gasteiger partial charge in [-0.2, -0.15) is 5.10 Å². The van der Waals surface area contributed by atoms with E-state index < -0.39 is 5.97 Å². The fourth-order valence-electron chi connectivity index (χ4n) is 2.21.